The normalized spacial score (nSPS) is 11.6. The van der Waals surface area contributed by atoms with Crippen LogP contribution >= 0.6 is 0 Å². The molecular formula is C18H16F3N3O3. The minimum Gasteiger partial charge on any atom is -0.462 e. The Balaban J connectivity index is 1.89. The number of carbonyl (C=O) groups is 1. The Morgan fingerprint density at radius 1 is 1.26 bits per heavy atom. The average molecular weight is 379 g/mol. The Morgan fingerprint density at radius 3 is 2.70 bits per heavy atom. The summed E-state index contributed by atoms with van der Waals surface area (Å²) < 4.78 is 49.6. The standard InChI is InChI=1S/C18H16F3N3O3/c1-3-26-17(25)15-10(2)27-14-5-4-11(8-12(14)15)24-9-13-16(18(19,20)21)23-7-6-22-13/h4-8,24H,3,9H2,1-2H3. The monoisotopic (exact) mass is 379 g/mol. The fourth-order valence-electron chi connectivity index (χ4n) is 2.71. The van der Waals surface area contributed by atoms with E-state index in [0.717, 1.165) is 6.20 Å². The molecule has 0 unspecified atom stereocenters. The summed E-state index contributed by atoms with van der Waals surface area (Å²) in [5.74, 6) is -0.104. The van der Waals surface area contributed by atoms with Crippen molar-refractivity contribution >= 4 is 22.6 Å². The molecule has 0 saturated carbocycles. The van der Waals surface area contributed by atoms with Crippen LogP contribution in [0.5, 0.6) is 0 Å². The maximum Gasteiger partial charge on any atom is 0.435 e. The van der Waals surface area contributed by atoms with Crippen molar-refractivity contribution in [3.8, 4) is 0 Å². The van der Waals surface area contributed by atoms with Crippen molar-refractivity contribution in [1.82, 2.24) is 9.97 Å². The third-order valence-electron chi connectivity index (χ3n) is 3.85. The molecular weight excluding hydrogens is 363 g/mol. The Hall–Kier alpha value is -3.10. The van der Waals surface area contributed by atoms with E-state index in [4.69, 9.17) is 9.15 Å². The largest absolute Gasteiger partial charge is 0.462 e. The van der Waals surface area contributed by atoms with E-state index < -0.39 is 17.8 Å². The Kier molecular flexibility index (Phi) is 5.02. The van der Waals surface area contributed by atoms with Crippen molar-refractivity contribution in [3.05, 3.63) is 53.3 Å². The highest BCUT2D eigenvalue weighted by Gasteiger charge is 2.35. The highest BCUT2D eigenvalue weighted by molar-refractivity contribution is 6.05. The van der Waals surface area contributed by atoms with E-state index in [2.05, 4.69) is 15.3 Å². The lowest BCUT2D eigenvalue weighted by molar-refractivity contribution is -0.142. The first-order valence-corrected chi connectivity index (χ1v) is 8.12. The molecule has 1 aromatic carbocycles. The van der Waals surface area contributed by atoms with E-state index in [1.165, 1.54) is 6.20 Å². The quantitative estimate of drug-likeness (QED) is 0.665. The van der Waals surface area contributed by atoms with Crippen LogP contribution in [-0.2, 0) is 17.5 Å². The molecule has 0 aliphatic heterocycles. The number of ether oxygens (including phenoxy) is 1. The number of furan rings is 1. The highest BCUT2D eigenvalue weighted by Crippen LogP contribution is 2.31. The number of carbonyl (C=O) groups excluding carboxylic acids is 1. The van der Waals surface area contributed by atoms with E-state index in [9.17, 15) is 18.0 Å². The molecule has 1 N–H and O–H groups in total. The van der Waals surface area contributed by atoms with E-state index in [1.807, 2.05) is 0 Å². The SMILES string of the molecule is CCOC(=O)c1c(C)oc2ccc(NCc3nccnc3C(F)(F)F)cc12. The smallest absolute Gasteiger partial charge is 0.435 e. The lowest BCUT2D eigenvalue weighted by Gasteiger charge is -2.11. The van der Waals surface area contributed by atoms with Crippen LogP contribution in [0.3, 0.4) is 0 Å². The number of benzene rings is 1. The Labute approximate surface area is 152 Å². The van der Waals surface area contributed by atoms with Crippen LogP contribution in [0, 0.1) is 6.92 Å². The van der Waals surface area contributed by atoms with Crippen molar-refractivity contribution < 1.29 is 27.1 Å². The van der Waals surface area contributed by atoms with Crippen LogP contribution in [0.1, 0.15) is 34.4 Å². The van der Waals surface area contributed by atoms with Crippen molar-refractivity contribution in [2.45, 2.75) is 26.6 Å². The maximum atomic E-state index is 13.0. The number of halogens is 3. The fraction of sp³-hybridized carbons (Fsp3) is 0.278. The zero-order valence-corrected chi connectivity index (χ0v) is 14.6. The van der Waals surface area contributed by atoms with Gasteiger partial charge in [0.1, 0.15) is 16.9 Å². The predicted molar refractivity (Wildman–Crippen MR) is 91.3 cm³/mol. The summed E-state index contributed by atoms with van der Waals surface area (Å²) in [6, 6.07) is 4.90. The summed E-state index contributed by atoms with van der Waals surface area (Å²) in [7, 11) is 0. The van der Waals surface area contributed by atoms with Gasteiger partial charge in [0.25, 0.3) is 0 Å². The third-order valence-corrected chi connectivity index (χ3v) is 3.85. The zero-order chi connectivity index (χ0) is 19.6. The zero-order valence-electron chi connectivity index (χ0n) is 14.6. The molecule has 142 valence electrons. The van der Waals surface area contributed by atoms with Gasteiger partial charge in [-0.3, -0.25) is 4.98 Å². The van der Waals surface area contributed by atoms with Crippen molar-refractivity contribution in [2.75, 3.05) is 11.9 Å². The van der Waals surface area contributed by atoms with Gasteiger partial charge in [0.05, 0.1) is 18.8 Å². The molecule has 6 nitrogen and oxygen atoms in total. The summed E-state index contributed by atoms with van der Waals surface area (Å²) in [5, 5.41) is 3.40. The Morgan fingerprint density at radius 2 is 2.00 bits per heavy atom. The number of fused-ring (bicyclic) bond motifs is 1. The highest BCUT2D eigenvalue weighted by atomic mass is 19.4. The van der Waals surface area contributed by atoms with Gasteiger partial charge in [-0.2, -0.15) is 13.2 Å². The van der Waals surface area contributed by atoms with Gasteiger partial charge in [-0.15, -0.1) is 0 Å². The molecule has 0 radical (unpaired) electrons. The molecule has 0 saturated heterocycles. The summed E-state index contributed by atoms with van der Waals surface area (Å²) in [6.45, 7) is 3.38. The van der Waals surface area contributed by atoms with Gasteiger partial charge in [0, 0.05) is 23.5 Å². The second kappa shape index (κ2) is 7.26. The van der Waals surface area contributed by atoms with Crippen molar-refractivity contribution in [2.24, 2.45) is 0 Å². The average Bonchev–Trinajstić information content (AvgIpc) is 2.94. The molecule has 3 rings (SSSR count). The third kappa shape index (κ3) is 3.86. The molecule has 0 spiro atoms. The molecule has 3 aromatic rings. The van der Waals surface area contributed by atoms with Crippen molar-refractivity contribution in [1.29, 1.82) is 0 Å². The molecule has 2 aromatic heterocycles. The molecule has 2 heterocycles. The molecule has 27 heavy (non-hydrogen) atoms. The van der Waals surface area contributed by atoms with Gasteiger partial charge in [0.15, 0.2) is 5.69 Å². The number of nitrogens with one attached hydrogen (secondary N) is 1. The molecule has 0 amide bonds. The molecule has 0 atom stereocenters. The number of hydrogen-bond donors (Lipinski definition) is 1. The minimum absolute atomic E-state index is 0.181. The second-order valence-corrected chi connectivity index (χ2v) is 5.67. The summed E-state index contributed by atoms with van der Waals surface area (Å²) in [6.07, 6.45) is -2.39. The molecule has 0 bridgehead atoms. The van der Waals surface area contributed by atoms with Gasteiger partial charge in [0.2, 0.25) is 0 Å². The first-order chi connectivity index (χ1) is 12.8. The molecule has 0 aliphatic carbocycles. The van der Waals surface area contributed by atoms with Crippen LogP contribution in [0.2, 0.25) is 0 Å². The number of nitrogens with zero attached hydrogens (tertiary/aromatic N) is 2. The van der Waals surface area contributed by atoms with Crippen molar-refractivity contribution in [3.63, 3.8) is 0 Å². The van der Waals surface area contributed by atoms with E-state index in [-0.39, 0.29) is 18.8 Å². The van der Waals surface area contributed by atoms with E-state index >= 15 is 0 Å². The first-order valence-electron chi connectivity index (χ1n) is 8.12. The lowest BCUT2D eigenvalue weighted by atomic mass is 10.1. The molecule has 0 aliphatic rings. The van der Waals surface area contributed by atoms with Gasteiger partial charge >= 0.3 is 12.1 Å². The van der Waals surface area contributed by atoms with Crippen LogP contribution < -0.4 is 5.32 Å². The first kappa shape index (κ1) is 18.7. The van der Waals surface area contributed by atoms with Crippen LogP contribution in [-0.4, -0.2) is 22.5 Å². The number of aryl methyl sites for hydroxylation is 1. The topological polar surface area (TPSA) is 77.2 Å². The second-order valence-electron chi connectivity index (χ2n) is 5.67. The van der Waals surface area contributed by atoms with Gasteiger partial charge in [-0.25, -0.2) is 9.78 Å². The van der Waals surface area contributed by atoms with Crippen LogP contribution in [0.15, 0.2) is 35.0 Å². The summed E-state index contributed by atoms with van der Waals surface area (Å²) in [4.78, 5) is 19.3. The number of esters is 1. The van der Waals surface area contributed by atoms with Gasteiger partial charge < -0.3 is 14.5 Å². The summed E-state index contributed by atoms with van der Waals surface area (Å²) in [5.41, 5.74) is 0.0271. The Bertz CT molecular complexity index is 983. The maximum absolute atomic E-state index is 13.0. The van der Waals surface area contributed by atoms with Gasteiger partial charge in [-0.05, 0) is 32.0 Å². The number of rotatable bonds is 5. The van der Waals surface area contributed by atoms with E-state index in [0.29, 0.717) is 28.0 Å². The number of aromatic nitrogens is 2. The number of hydrogen-bond acceptors (Lipinski definition) is 6. The van der Waals surface area contributed by atoms with Gasteiger partial charge in [-0.1, -0.05) is 0 Å². The number of anilines is 1. The number of alkyl halides is 3. The predicted octanol–water partition coefficient (Wildman–Crippen LogP) is 4.34. The minimum atomic E-state index is -4.59. The van der Waals surface area contributed by atoms with Crippen LogP contribution in [0.4, 0.5) is 18.9 Å². The molecule has 0 fully saturated rings. The van der Waals surface area contributed by atoms with Crippen LogP contribution in [0.25, 0.3) is 11.0 Å². The lowest BCUT2D eigenvalue weighted by Crippen LogP contribution is -2.15. The summed E-state index contributed by atoms with van der Waals surface area (Å²) >= 11 is 0. The van der Waals surface area contributed by atoms with E-state index in [1.54, 1.807) is 32.0 Å². The molecule has 9 heteroatoms. The fourth-order valence-corrected chi connectivity index (χ4v) is 2.71.